The number of carboxylic acid groups (broad SMARTS) is 3. The summed E-state index contributed by atoms with van der Waals surface area (Å²) in [6, 6.07) is 0. The Morgan fingerprint density at radius 1 is 0.707 bits per heavy atom. The van der Waals surface area contributed by atoms with E-state index in [1.807, 2.05) is 20.8 Å². The fourth-order valence-electron chi connectivity index (χ4n) is 13.3. The number of hydrogen-bond donors (Lipinski definition) is 8. The Morgan fingerprint density at radius 2 is 1.31 bits per heavy atom. The molecule has 19 atom stereocenters. The quantitative estimate of drug-likeness (QED) is 0.0991. The van der Waals surface area contributed by atoms with Crippen molar-refractivity contribution in [3.05, 3.63) is 11.6 Å². The molecule has 0 bridgehead atoms. The van der Waals surface area contributed by atoms with E-state index in [0.717, 1.165) is 32.0 Å². The molecule has 8 N–H and O–H groups in total. The van der Waals surface area contributed by atoms with Gasteiger partial charge in [0.2, 0.25) is 0 Å². The van der Waals surface area contributed by atoms with Crippen LogP contribution >= 0.6 is 0 Å². The molecule has 0 amide bonds. The summed E-state index contributed by atoms with van der Waals surface area (Å²) < 4.78 is 23.4. The zero-order chi connectivity index (χ0) is 42.7. The number of aliphatic carboxylic acids is 3. The van der Waals surface area contributed by atoms with E-state index in [1.54, 1.807) is 0 Å². The van der Waals surface area contributed by atoms with Crippen LogP contribution in [0.1, 0.15) is 106 Å². The summed E-state index contributed by atoms with van der Waals surface area (Å²) in [5.41, 5.74) is -1.50. The van der Waals surface area contributed by atoms with Crippen molar-refractivity contribution in [2.24, 2.45) is 50.2 Å². The summed E-state index contributed by atoms with van der Waals surface area (Å²) in [5, 5.41) is 83.0. The molecule has 326 valence electrons. The van der Waals surface area contributed by atoms with Crippen LogP contribution < -0.4 is 0 Å². The minimum atomic E-state index is -2.05. The van der Waals surface area contributed by atoms with Gasteiger partial charge in [-0.3, -0.25) is 4.79 Å². The molecule has 0 aromatic rings. The highest BCUT2D eigenvalue weighted by molar-refractivity contribution is 5.75. The van der Waals surface area contributed by atoms with Crippen LogP contribution in [-0.2, 0) is 38.1 Å². The van der Waals surface area contributed by atoms with Crippen LogP contribution in [0.5, 0.6) is 0 Å². The molecule has 4 saturated carbocycles. The Morgan fingerprint density at radius 3 is 1.91 bits per heavy atom. The molecule has 7 rings (SSSR count). The number of carboxylic acids is 3. The number of aliphatic hydroxyl groups is 5. The molecule has 0 aromatic carbocycles. The number of carbonyl (C=O) groups is 4. The van der Waals surface area contributed by atoms with E-state index in [4.69, 9.17) is 18.9 Å². The van der Waals surface area contributed by atoms with Crippen LogP contribution in [0.4, 0.5) is 0 Å². The lowest BCUT2D eigenvalue weighted by atomic mass is 9.33. The summed E-state index contributed by atoms with van der Waals surface area (Å²) in [7, 11) is 0. The van der Waals surface area contributed by atoms with Gasteiger partial charge in [0, 0.05) is 5.41 Å². The van der Waals surface area contributed by atoms with Crippen molar-refractivity contribution in [2.45, 2.75) is 173 Å². The SMILES string of the molecule is CC1(C)[C@@H](O[C@@H]2O[C@H](C(=O)O)[C@@H](O)[C@H](O)[C@H]2O[C@@H]2O[C@H](C(=O)O)[C@@H](O)[C@H](O)[C@H]2O)CCC2(C=O)[C@H]3CC=C4[C@@H]5C[C@@](C)(C(=O)O)CC[C@]5(C)CC[C@@]4(C)[C@]3(C)CC[C@@H]12. The van der Waals surface area contributed by atoms with Gasteiger partial charge in [0.25, 0.3) is 0 Å². The number of ether oxygens (including phenoxy) is 4. The van der Waals surface area contributed by atoms with E-state index in [-0.39, 0.29) is 34.0 Å². The Balaban J connectivity index is 1.17. The van der Waals surface area contributed by atoms with E-state index >= 15 is 0 Å². The van der Waals surface area contributed by atoms with Gasteiger partial charge in [-0.15, -0.1) is 0 Å². The van der Waals surface area contributed by atoms with Gasteiger partial charge >= 0.3 is 17.9 Å². The average Bonchev–Trinajstić information content (AvgIpc) is 3.15. The second kappa shape index (κ2) is 14.5. The van der Waals surface area contributed by atoms with Gasteiger partial charge in [-0.25, -0.2) is 9.59 Å². The molecule has 7 aliphatic rings. The molecule has 5 aliphatic carbocycles. The summed E-state index contributed by atoms with van der Waals surface area (Å²) >= 11 is 0. The van der Waals surface area contributed by atoms with Gasteiger partial charge in [-0.2, -0.15) is 0 Å². The van der Waals surface area contributed by atoms with Crippen LogP contribution in [0.2, 0.25) is 0 Å². The maximum Gasteiger partial charge on any atom is 0.335 e. The standard InChI is InChI=1S/C42H62O16/c1-37(2)21-9-11-41(6)22(8-7-19-20-17-39(4,36(53)54)14-13-38(20,3)15-16-40(19,41)5)42(21,18-43)12-10-23(37)55-35-31(27(47)26(46)30(57-35)33(51)52)58-34-28(48)24(44)25(45)29(56-34)32(49)50/h7,18,20-31,34-35,44-48H,8-17H2,1-6H3,(H,49,50)(H,51,52)(H,53,54)/t20-,21-,22-,23-,24-,25-,26-,27-,28+,29-,30-,31+,34-,35+,38+,39-,40+,41+,42?/m0/s1. The Kier molecular flexibility index (Phi) is 10.9. The number of fused-ring (bicyclic) bond motifs is 7. The number of rotatable bonds is 8. The van der Waals surface area contributed by atoms with Gasteiger partial charge in [-0.05, 0) is 111 Å². The molecule has 16 heteroatoms. The third-order valence-corrected chi connectivity index (χ3v) is 17.3. The first-order chi connectivity index (χ1) is 26.9. The highest BCUT2D eigenvalue weighted by atomic mass is 16.8. The molecule has 6 fully saturated rings. The molecule has 0 aromatic heterocycles. The van der Waals surface area contributed by atoms with Crippen molar-refractivity contribution in [3.8, 4) is 0 Å². The molecule has 1 unspecified atom stereocenters. The maximum absolute atomic E-state index is 13.8. The first-order valence-corrected chi connectivity index (χ1v) is 20.8. The minimum absolute atomic E-state index is 0.00664. The van der Waals surface area contributed by atoms with Crippen molar-refractivity contribution < 1.29 is 79.0 Å². The third kappa shape index (κ3) is 6.25. The molecule has 0 radical (unpaired) electrons. The topological polar surface area (TPSA) is 267 Å². The zero-order valence-corrected chi connectivity index (χ0v) is 34.2. The second-order valence-corrected chi connectivity index (χ2v) is 20.4. The highest BCUT2D eigenvalue weighted by Crippen LogP contribution is 2.75. The minimum Gasteiger partial charge on any atom is -0.481 e. The zero-order valence-electron chi connectivity index (χ0n) is 34.2. The number of carbonyl (C=O) groups excluding carboxylic acids is 1. The number of aldehydes is 1. The van der Waals surface area contributed by atoms with Crippen molar-refractivity contribution in [1.29, 1.82) is 0 Å². The van der Waals surface area contributed by atoms with E-state index in [9.17, 15) is 60.0 Å². The molecular formula is C42H62O16. The van der Waals surface area contributed by atoms with Gasteiger partial charge in [0.15, 0.2) is 24.8 Å². The first-order valence-electron chi connectivity index (χ1n) is 20.8. The largest absolute Gasteiger partial charge is 0.481 e. The van der Waals surface area contributed by atoms with Gasteiger partial charge in [0.1, 0.15) is 42.9 Å². The predicted molar refractivity (Wildman–Crippen MR) is 199 cm³/mol. The van der Waals surface area contributed by atoms with Crippen molar-refractivity contribution in [1.82, 2.24) is 0 Å². The smallest absolute Gasteiger partial charge is 0.335 e. The molecule has 2 aliphatic heterocycles. The van der Waals surface area contributed by atoms with Crippen molar-refractivity contribution in [2.75, 3.05) is 0 Å². The van der Waals surface area contributed by atoms with Crippen molar-refractivity contribution in [3.63, 3.8) is 0 Å². The summed E-state index contributed by atoms with van der Waals surface area (Å²) in [6.07, 6.45) is -9.97. The number of aliphatic hydroxyl groups excluding tert-OH is 5. The second-order valence-electron chi connectivity index (χ2n) is 20.4. The molecule has 58 heavy (non-hydrogen) atoms. The highest BCUT2D eigenvalue weighted by Gasteiger charge is 2.70. The Bertz CT molecular complexity index is 1700. The Labute approximate surface area is 337 Å². The normalized spacial score (nSPS) is 52.4. The molecular weight excluding hydrogens is 760 g/mol. The lowest BCUT2D eigenvalue weighted by molar-refractivity contribution is -0.371. The predicted octanol–water partition coefficient (Wildman–Crippen LogP) is 2.25. The summed E-state index contributed by atoms with van der Waals surface area (Å²) in [6.45, 7) is 12.8. The Hall–Kier alpha value is -2.54. The maximum atomic E-state index is 13.8. The van der Waals surface area contributed by atoms with E-state index in [1.165, 1.54) is 5.57 Å². The van der Waals surface area contributed by atoms with Crippen LogP contribution in [0.3, 0.4) is 0 Å². The fraction of sp³-hybridized carbons (Fsp3) is 0.857. The van der Waals surface area contributed by atoms with Crippen LogP contribution in [0, 0.1) is 50.2 Å². The van der Waals surface area contributed by atoms with E-state index in [2.05, 4.69) is 26.8 Å². The van der Waals surface area contributed by atoms with E-state index in [0.29, 0.717) is 38.5 Å². The van der Waals surface area contributed by atoms with Gasteiger partial charge in [0.05, 0.1) is 11.5 Å². The summed E-state index contributed by atoms with van der Waals surface area (Å²) in [5.74, 6) is -4.15. The van der Waals surface area contributed by atoms with Crippen molar-refractivity contribution >= 4 is 24.2 Å². The summed E-state index contributed by atoms with van der Waals surface area (Å²) in [4.78, 5) is 50.3. The van der Waals surface area contributed by atoms with Gasteiger partial charge in [-0.1, -0.05) is 46.3 Å². The molecule has 16 nitrogen and oxygen atoms in total. The number of hydrogen-bond acceptors (Lipinski definition) is 13. The fourth-order valence-corrected chi connectivity index (χ4v) is 13.3. The molecule has 2 saturated heterocycles. The van der Waals surface area contributed by atoms with Crippen LogP contribution in [0.25, 0.3) is 0 Å². The third-order valence-electron chi connectivity index (χ3n) is 17.3. The molecule has 2 heterocycles. The molecule has 0 spiro atoms. The first kappa shape index (κ1) is 43.5. The lowest BCUT2D eigenvalue weighted by Crippen LogP contribution is -2.68. The lowest BCUT2D eigenvalue weighted by Gasteiger charge is -2.70. The van der Waals surface area contributed by atoms with Crippen LogP contribution in [0.15, 0.2) is 11.6 Å². The van der Waals surface area contributed by atoms with Gasteiger partial charge < -0.3 is 64.6 Å². The monoisotopic (exact) mass is 822 g/mol. The van der Waals surface area contributed by atoms with E-state index < -0.39 is 102 Å². The number of allylic oxidation sites excluding steroid dienone is 2. The average molecular weight is 823 g/mol. The van der Waals surface area contributed by atoms with Crippen LogP contribution in [-0.4, -0.2) is 133 Å².